The molecular weight excluding hydrogens is 298 g/mol. The SMILES string of the molecule is Cc1ccc(Nc2nsnc2Cl)cc1Br. The molecule has 0 radical (unpaired) electrons. The molecule has 0 unspecified atom stereocenters. The lowest BCUT2D eigenvalue weighted by atomic mass is 10.2. The number of nitrogens with zero attached hydrogens (tertiary/aromatic N) is 2. The minimum Gasteiger partial charge on any atom is -0.337 e. The van der Waals surface area contributed by atoms with Crippen LogP contribution in [0.25, 0.3) is 0 Å². The highest BCUT2D eigenvalue weighted by atomic mass is 79.9. The third-order valence-corrected chi connectivity index (χ3v) is 3.63. The maximum atomic E-state index is 5.82. The van der Waals surface area contributed by atoms with Crippen LogP contribution in [0.1, 0.15) is 5.56 Å². The van der Waals surface area contributed by atoms with Crippen LogP contribution in [0, 0.1) is 6.92 Å². The molecule has 2 aromatic rings. The second kappa shape index (κ2) is 4.47. The van der Waals surface area contributed by atoms with Crippen LogP contribution >= 0.6 is 39.3 Å². The van der Waals surface area contributed by atoms with E-state index in [2.05, 4.69) is 30.0 Å². The van der Waals surface area contributed by atoms with Crippen molar-refractivity contribution in [3.05, 3.63) is 33.4 Å². The summed E-state index contributed by atoms with van der Waals surface area (Å²) in [6.45, 7) is 2.03. The van der Waals surface area contributed by atoms with Crippen molar-refractivity contribution in [1.29, 1.82) is 0 Å². The van der Waals surface area contributed by atoms with E-state index in [0.717, 1.165) is 21.9 Å². The third kappa shape index (κ3) is 2.48. The van der Waals surface area contributed by atoms with Crippen LogP contribution in [0.3, 0.4) is 0 Å². The second-order valence-electron chi connectivity index (χ2n) is 2.99. The Morgan fingerprint density at radius 2 is 2.20 bits per heavy atom. The number of hydrogen-bond acceptors (Lipinski definition) is 4. The summed E-state index contributed by atoms with van der Waals surface area (Å²) >= 11 is 10.4. The summed E-state index contributed by atoms with van der Waals surface area (Å²) in [4.78, 5) is 0. The molecule has 1 heterocycles. The van der Waals surface area contributed by atoms with Crippen molar-refractivity contribution < 1.29 is 0 Å². The molecule has 0 saturated carbocycles. The van der Waals surface area contributed by atoms with E-state index < -0.39 is 0 Å². The third-order valence-electron chi connectivity index (χ3n) is 1.88. The quantitative estimate of drug-likeness (QED) is 0.911. The van der Waals surface area contributed by atoms with E-state index in [1.54, 1.807) is 0 Å². The fourth-order valence-electron chi connectivity index (χ4n) is 1.06. The summed E-state index contributed by atoms with van der Waals surface area (Å²) in [5.74, 6) is 0.595. The topological polar surface area (TPSA) is 37.8 Å². The van der Waals surface area contributed by atoms with Gasteiger partial charge in [0.25, 0.3) is 0 Å². The summed E-state index contributed by atoms with van der Waals surface area (Å²) in [5.41, 5.74) is 2.12. The van der Waals surface area contributed by atoms with Gasteiger partial charge >= 0.3 is 0 Å². The normalized spacial score (nSPS) is 10.3. The minimum absolute atomic E-state index is 0.400. The Kier molecular flexibility index (Phi) is 3.23. The van der Waals surface area contributed by atoms with Crippen LogP contribution in [-0.4, -0.2) is 8.75 Å². The first-order valence-corrected chi connectivity index (χ1v) is 6.08. The highest BCUT2D eigenvalue weighted by Crippen LogP contribution is 2.26. The van der Waals surface area contributed by atoms with E-state index in [1.165, 1.54) is 5.56 Å². The maximum absolute atomic E-state index is 5.82. The van der Waals surface area contributed by atoms with Crippen LogP contribution < -0.4 is 5.32 Å². The molecule has 0 aliphatic rings. The first kappa shape index (κ1) is 10.9. The number of benzene rings is 1. The highest BCUT2D eigenvalue weighted by molar-refractivity contribution is 9.10. The minimum atomic E-state index is 0.400. The highest BCUT2D eigenvalue weighted by Gasteiger charge is 2.05. The molecule has 1 aromatic heterocycles. The van der Waals surface area contributed by atoms with Gasteiger partial charge in [-0.15, -0.1) is 0 Å². The number of hydrogen-bond donors (Lipinski definition) is 1. The van der Waals surface area contributed by atoms with E-state index in [9.17, 15) is 0 Å². The summed E-state index contributed by atoms with van der Waals surface area (Å²) in [7, 11) is 0. The van der Waals surface area contributed by atoms with Crippen molar-refractivity contribution in [2.24, 2.45) is 0 Å². The number of rotatable bonds is 2. The number of aryl methyl sites for hydroxylation is 1. The molecule has 1 aromatic carbocycles. The van der Waals surface area contributed by atoms with Crippen LogP contribution in [0.2, 0.25) is 5.15 Å². The molecule has 0 fully saturated rings. The van der Waals surface area contributed by atoms with E-state index in [4.69, 9.17) is 11.6 Å². The van der Waals surface area contributed by atoms with Gasteiger partial charge in [-0.3, -0.25) is 0 Å². The van der Waals surface area contributed by atoms with Crippen LogP contribution in [0.5, 0.6) is 0 Å². The summed E-state index contributed by atoms with van der Waals surface area (Å²) < 4.78 is 8.96. The van der Waals surface area contributed by atoms with Crippen molar-refractivity contribution in [2.45, 2.75) is 6.92 Å². The summed E-state index contributed by atoms with van der Waals surface area (Å²) in [5, 5.41) is 3.49. The van der Waals surface area contributed by atoms with Gasteiger partial charge in [-0.2, -0.15) is 8.75 Å². The molecule has 0 amide bonds. The molecule has 0 saturated heterocycles. The van der Waals surface area contributed by atoms with Gasteiger partial charge in [0.2, 0.25) is 0 Å². The molecule has 3 nitrogen and oxygen atoms in total. The van der Waals surface area contributed by atoms with Crippen molar-refractivity contribution in [2.75, 3.05) is 5.32 Å². The van der Waals surface area contributed by atoms with Gasteiger partial charge in [0, 0.05) is 10.2 Å². The zero-order chi connectivity index (χ0) is 10.8. The predicted molar refractivity (Wildman–Crippen MR) is 67.1 cm³/mol. The molecule has 78 valence electrons. The zero-order valence-electron chi connectivity index (χ0n) is 7.79. The molecule has 6 heteroatoms. The maximum Gasteiger partial charge on any atom is 0.187 e. The van der Waals surface area contributed by atoms with Gasteiger partial charge < -0.3 is 5.32 Å². The first-order valence-electron chi connectivity index (χ1n) is 4.18. The van der Waals surface area contributed by atoms with Crippen molar-refractivity contribution in [3.8, 4) is 0 Å². The number of anilines is 2. The molecule has 0 spiro atoms. The monoisotopic (exact) mass is 303 g/mol. The predicted octanol–water partition coefficient (Wildman–Crippen LogP) is 4.01. The van der Waals surface area contributed by atoms with Gasteiger partial charge in [-0.25, -0.2) is 0 Å². The standard InChI is InChI=1S/C9H7BrClN3S/c1-5-2-3-6(4-7(5)10)12-9-8(11)13-15-14-9/h2-4H,1H3,(H,12,14). The molecule has 0 bridgehead atoms. The Labute approximate surface area is 105 Å². The van der Waals surface area contributed by atoms with Crippen molar-refractivity contribution in [3.63, 3.8) is 0 Å². The van der Waals surface area contributed by atoms with E-state index in [1.807, 2.05) is 25.1 Å². The fourth-order valence-corrected chi connectivity index (χ4v) is 2.08. The lowest BCUT2D eigenvalue weighted by molar-refractivity contribution is 1.40. The fraction of sp³-hybridized carbons (Fsp3) is 0.111. The van der Waals surface area contributed by atoms with Gasteiger partial charge in [0.1, 0.15) is 0 Å². The molecule has 15 heavy (non-hydrogen) atoms. The Hall–Kier alpha value is -0.650. The van der Waals surface area contributed by atoms with E-state index in [-0.39, 0.29) is 0 Å². The molecular formula is C9H7BrClN3S. The van der Waals surface area contributed by atoms with Crippen LogP contribution in [0.4, 0.5) is 11.5 Å². The first-order chi connectivity index (χ1) is 7.16. The van der Waals surface area contributed by atoms with Gasteiger partial charge in [-0.1, -0.05) is 33.6 Å². The Balaban J connectivity index is 2.25. The Bertz CT molecular complexity index is 486. The molecule has 0 atom stereocenters. The summed E-state index contributed by atoms with van der Waals surface area (Å²) in [6.07, 6.45) is 0. The van der Waals surface area contributed by atoms with Gasteiger partial charge in [-0.05, 0) is 24.6 Å². The van der Waals surface area contributed by atoms with E-state index >= 15 is 0 Å². The van der Waals surface area contributed by atoms with E-state index in [0.29, 0.717) is 11.0 Å². The average molecular weight is 305 g/mol. The van der Waals surface area contributed by atoms with Crippen molar-refractivity contribution >= 4 is 50.8 Å². The Morgan fingerprint density at radius 3 is 2.80 bits per heavy atom. The largest absolute Gasteiger partial charge is 0.337 e. The number of aromatic nitrogens is 2. The number of halogens is 2. The lowest BCUT2D eigenvalue weighted by Gasteiger charge is -2.04. The molecule has 1 N–H and O–H groups in total. The Morgan fingerprint density at radius 1 is 1.40 bits per heavy atom. The van der Waals surface area contributed by atoms with Crippen LogP contribution in [0.15, 0.2) is 22.7 Å². The lowest BCUT2D eigenvalue weighted by Crippen LogP contribution is -1.91. The zero-order valence-corrected chi connectivity index (χ0v) is 10.9. The summed E-state index contributed by atoms with van der Waals surface area (Å²) in [6, 6.07) is 5.96. The van der Waals surface area contributed by atoms with Gasteiger partial charge in [0.15, 0.2) is 11.0 Å². The number of nitrogens with one attached hydrogen (secondary N) is 1. The second-order valence-corrected chi connectivity index (χ2v) is 4.73. The van der Waals surface area contributed by atoms with Gasteiger partial charge in [0.05, 0.1) is 11.7 Å². The molecule has 0 aliphatic carbocycles. The molecule has 0 aliphatic heterocycles. The van der Waals surface area contributed by atoms with Crippen LogP contribution in [-0.2, 0) is 0 Å². The van der Waals surface area contributed by atoms with Crippen molar-refractivity contribution in [1.82, 2.24) is 8.75 Å². The smallest absolute Gasteiger partial charge is 0.187 e. The average Bonchev–Trinajstić information content (AvgIpc) is 2.59. The molecule has 2 rings (SSSR count).